The van der Waals surface area contributed by atoms with Crippen molar-refractivity contribution in [2.45, 2.75) is 18.5 Å². The second-order valence-corrected chi connectivity index (χ2v) is 6.11. The molecule has 136 valence electrons. The molecule has 0 unspecified atom stereocenters. The Morgan fingerprint density at radius 2 is 1.92 bits per heavy atom. The van der Waals surface area contributed by atoms with Gasteiger partial charge in [-0.1, -0.05) is 18.2 Å². The van der Waals surface area contributed by atoms with Gasteiger partial charge in [-0.3, -0.25) is 14.4 Å². The first-order valence-electron chi connectivity index (χ1n) is 8.38. The van der Waals surface area contributed by atoms with E-state index in [1.165, 1.54) is 4.90 Å². The van der Waals surface area contributed by atoms with Gasteiger partial charge in [-0.25, -0.2) is 0 Å². The van der Waals surface area contributed by atoms with Gasteiger partial charge in [-0.15, -0.1) is 0 Å². The number of H-pyrrole nitrogens is 1. The molecule has 1 fully saturated rings. The van der Waals surface area contributed by atoms with Crippen LogP contribution in [0.4, 0.5) is 5.82 Å². The number of rotatable bonds is 5. The molecule has 5 N–H and O–H groups in total. The van der Waals surface area contributed by atoms with E-state index in [9.17, 15) is 14.4 Å². The molecule has 0 spiro atoms. The molecule has 26 heavy (non-hydrogen) atoms. The van der Waals surface area contributed by atoms with Crippen molar-refractivity contribution < 1.29 is 14.4 Å². The monoisotopic (exact) mass is 355 g/mol. The quantitative estimate of drug-likeness (QED) is 0.617. The summed E-state index contributed by atoms with van der Waals surface area (Å²) in [6, 6.07) is 11.3. The van der Waals surface area contributed by atoms with E-state index in [1.807, 2.05) is 6.07 Å². The number of nitrogens with one attached hydrogen (secondary N) is 3. The first-order chi connectivity index (χ1) is 12.6. The van der Waals surface area contributed by atoms with Crippen LogP contribution in [0.2, 0.25) is 0 Å². The molecular weight excluding hydrogens is 334 g/mol. The van der Waals surface area contributed by atoms with Crippen LogP contribution in [0, 0.1) is 0 Å². The van der Waals surface area contributed by atoms with Gasteiger partial charge in [0, 0.05) is 24.3 Å². The molecule has 1 saturated heterocycles. The lowest BCUT2D eigenvalue weighted by atomic mass is 10.1. The van der Waals surface area contributed by atoms with Gasteiger partial charge in [-0.2, -0.15) is 0 Å². The lowest BCUT2D eigenvalue weighted by Crippen LogP contribution is -2.46. The molecule has 2 heterocycles. The van der Waals surface area contributed by atoms with E-state index in [2.05, 4.69) is 15.6 Å². The van der Waals surface area contributed by atoms with E-state index in [4.69, 9.17) is 5.73 Å². The highest BCUT2D eigenvalue weighted by molar-refractivity contribution is 5.98. The number of anilines is 1. The van der Waals surface area contributed by atoms with Gasteiger partial charge in [0.2, 0.25) is 11.8 Å². The second-order valence-electron chi connectivity index (χ2n) is 6.11. The molecular formula is C18H21N5O3. The van der Waals surface area contributed by atoms with Crippen molar-refractivity contribution in [2.75, 3.05) is 18.4 Å². The standard InChI is InChI=1S/C18H21N5O3/c19-10-16(24)23-11-13(21-17(25)12-5-2-1-3-6-12)9-14(23)18(26)22-15-7-4-8-20-15/h1-8,13-14,20H,9-11,19H2,(H,21,25)(H,22,26)/t13-,14+/m1/s1. The van der Waals surface area contributed by atoms with Crippen LogP contribution in [-0.2, 0) is 9.59 Å². The van der Waals surface area contributed by atoms with E-state index in [1.54, 1.807) is 42.6 Å². The second kappa shape index (κ2) is 7.83. The molecule has 2 atom stereocenters. The highest BCUT2D eigenvalue weighted by Gasteiger charge is 2.39. The van der Waals surface area contributed by atoms with Gasteiger partial charge in [0.1, 0.15) is 11.9 Å². The molecule has 8 heteroatoms. The number of nitrogens with two attached hydrogens (primary N) is 1. The summed E-state index contributed by atoms with van der Waals surface area (Å²) in [4.78, 5) is 41.3. The summed E-state index contributed by atoms with van der Waals surface area (Å²) >= 11 is 0. The fourth-order valence-corrected chi connectivity index (χ4v) is 3.06. The third-order valence-electron chi connectivity index (χ3n) is 4.33. The van der Waals surface area contributed by atoms with Crippen molar-refractivity contribution in [3.8, 4) is 0 Å². The van der Waals surface area contributed by atoms with Crippen LogP contribution in [-0.4, -0.2) is 52.8 Å². The Labute approximate surface area is 150 Å². The molecule has 1 aromatic heterocycles. The van der Waals surface area contributed by atoms with E-state index >= 15 is 0 Å². The highest BCUT2D eigenvalue weighted by Crippen LogP contribution is 2.20. The number of aromatic nitrogens is 1. The molecule has 1 aliphatic heterocycles. The van der Waals surface area contributed by atoms with Crippen LogP contribution in [0.5, 0.6) is 0 Å². The van der Waals surface area contributed by atoms with Crippen molar-refractivity contribution in [1.29, 1.82) is 0 Å². The number of likely N-dealkylation sites (tertiary alicyclic amines) is 1. The fourth-order valence-electron chi connectivity index (χ4n) is 3.06. The number of carbonyl (C=O) groups excluding carboxylic acids is 3. The average Bonchev–Trinajstić information content (AvgIpc) is 3.31. The van der Waals surface area contributed by atoms with E-state index in [0.717, 1.165) is 0 Å². The van der Waals surface area contributed by atoms with Crippen molar-refractivity contribution >= 4 is 23.5 Å². The lowest BCUT2D eigenvalue weighted by Gasteiger charge is -2.22. The zero-order valence-corrected chi connectivity index (χ0v) is 14.1. The van der Waals surface area contributed by atoms with Crippen LogP contribution in [0.3, 0.4) is 0 Å². The molecule has 1 aromatic carbocycles. The molecule has 0 radical (unpaired) electrons. The number of benzene rings is 1. The minimum atomic E-state index is -0.685. The van der Waals surface area contributed by atoms with Crippen LogP contribution in [0.1, 0.15) is 16.8 Å². The topological polar surface area (TPSA) is 120 Å². The van der Waals surface area contributed by atoms with E-state index in [-0.39, 0.29) is 36.9 Å². The maximum atomic E-state index is 12.6. The number of nitrogens with zero attached hydrogens (tertiary/aromatic N) is 1. The Kier molecular flexibility index (Phi) is 5.33. The third-order valence-corrected chi connectivity index (χ3v) is 4.33. The summed E-state index contributed by atoms with van der Waals surface area (Å²) in [5.41, 5.74) is 6.00. The van der Waals surface area contributed by atoms with Crippen molar-refractivity contribution in [2.24, 2.45) is 5.73 Å². The predicted octanol–water partition coefficient (Wildman–Crippen LogP) is 0.311. The van der Waals surface area contributed by atoms with Gasteiger partial charge < -0.3 is 26.3 Å². The Balaban J connectivity index is 1.69. The number of hydrogen-bond acceptors (Lipinski definition) is 4. The molecule has 1 aliphatic rings. The van der Waals surface area contributed by atoms with Crippen molar-refractivity contribution in [3.05, 3.63) is 54.2 Å². The maximum absolute atomic E-state index is 12.6. The first-order valence-corrected chi connectivity index (χ1v) is 8.38. The molecule has 0 saturated carbocycles. The zero-order valence-electron chi connectivity index (χ0n) is 14.1. The Morgan fingerprint density at radius 1 is 1.15 bits per heavy atom. The summed E-state index contributed by atoms with van der Waals surface area (Å²) in [6.45, 7) is 0.0586. The number of amides is 3. The molecule has 0 aliphatic carbocycles. The van der Waals surface area contributed by atoms with Gasteiger partial charge in [0.05, 0.1) is 6.54 Å². The highest BCUT2D eigenvalue weighted by atomic mass is 16.2. The van der Waals surface area contributed by atoms with Crippen LogP contribution < -0.4 is 16.4 Å². The van der Waals surface area contributed by atoms with Crippen LogP contribution >= 0.6 is 0 Å². The molecule has 2 aromatic rings. The summed E-state index contributed by atoms with van der Waals surface area (Å²) in [7, 11) is 0. The van der Waals surface area contributed by atoms with Crippen molar-refractivity contribution in [1.82, 2.24) is 15.2 Å². The minimum absolute atomic E-state index is 0.189. The predicted molar refractivity (Wildman–Crippen MR) is 96.3 cm³/mol. The van der Waals surface area contributed by atoms with Gasteiger partial charge >= 0.3 is 0 Å². The number of hydrogen-bond donors (Lipinski definition) is 4. The van der Waals surface area contributed by atoms with Crippen LogP contribution in [0.25, 0.3) is 0 Å². The number of carbonyl (C=O) groups is 3. The normalized spacial score (nSPS) is 19.2. The number of aromatic amines is 1. The minimum Gasteiger partial charge on any atom is -0.348 e. The van der Waals surface area contributed by atoms with Gasteiger partial charge in [0.25, 0.3) is 5.91 Å². The lowest BCUT2D eigenvalue weighted by molar-refractivity contribution is -0.135. The third kappa shape index (κ3) is 3.92. The van der Waals surface area contributed by atoms with E-state index < -0.39 is 6.04 Å². The Morgan fingerprint density at radius 3 is 2.58 bits per heavy atom. The fraction of sp³-hybridized carbons (Fsp3) is 0.278. The Bertz CT molecular complexity index is 775. The van der Waals surface area contributed by atoms with Gasteiger partial charge in [0.15, 0.2) is 0 Å². The average molecular weight is 355 g/mol. The van der Waals surface area contributed by atoms with Crippen LogP contribution in [0.15, 0.2) is 48.7 Å². The largest absolute Gasteiger partial charge is 0.348 e. The zero-order chi connectivity index (χ0) is 18.5. The van der Waals surface area contributed by atoms with E-state index in [0.29, 0.717) is 17.8 Å². The molecule has 0 bridgehead atoms. The summed E-state index contributed by atoms with van der Waals surface area (Å²) in [5.74, 6) is -0.327. The summed E-state index contributed by atoms with van der Waals surface area (Å²) in [5, 5.41) is 5.62. The van der Waals surface area contributed by atoms with Crippen molar-refractivity contribution in [3.63, 3.8) is 0 Å². The summed E-state index contributed by atoms with van der Waals surface area (Å²) < 4.78 is 0. The smallest absolute Gasteiger partial charge is 0.251 e. The molecule has 3 amide bonds. The molecule has 3 rings (SSSR count). The molecule has 8 nitrogen and oxygen atoms in total. The Hall–Kier alpha value is -3.13. The SMILES string of the molecule is NCC(=O)N1C[C@H](NC(=O)c2ccccc2)C[C@H]1C(=O)Nc1ccc[nH]1. The first kappa shape index (κ1) is 17.7. The summed E-state index contributed by atoms with van der Waals surface area (Å²) in [6.07, 6.45) is 2.02. The maximum Gasteiger partial charge on any atom is 0.251 e. The van der Waals surface area contributed by atoms with Gasteiger partial charge in [-0.05, 0) is 30.7 Å².